The Bertz CT molecular complexity index is 628. The van der Waals surface area contributed by atoms with Gasteiger partial charge in [0.1, 0.15) is 5.82 Å². The molecular weight excluding hydrogens is 215 g/mol. The number of nitrogens with zero attached hydrogens (tertiary/aromatic N) is 1. The van der Waals surface area contributed by atoms with Crippen LogP contribution in [-0.2, 0) is 0 Å². The van der Waals surface area contributed by atoms with Gasteiger partial charge in [-0.3, -0.25) is 14.3 Å². The quantitative estimate of drug-likeness (QED) is 0.720. The molecule has 82 valence electrons. The summed E-state index contributed by atoms with van der Waals surface area (Å²) in [5.74, 6) is -1.23. The molecule has 0 atom stereocenters. The van der Waals surface area contributed by atoms with Crippen molar-refractivity contribution in [2.24, 2.45) is 0 Å². The van der Waals surface area contributed by atoms with E-state index in [1.807, 2.05) is 4.98 Å². The summed E-state index contributed by atoms with van der Waals surface area (Å²) < 4.78 is 13.4. The number of aromatic amines is 1. The van der Waals surface area contributed by atoms with Gasteiger partial charge >= 0.3 is 5.69 Å². The van der Waals surface area contributed by atoms with Crippen molar-refractivity contribution in [3.8, 4) is 11.6 Å². The smallest absolute Gasteiger partial charge is 0.332 e. The van der Waals surface area contributed by atoms with Gasteiger partial charge < -0.3 is 5.11 Å². The topological polar surface area (TPSA) is 77.9 Å². The highest BCUT2D eigenvalue weighted by Gasteiger charge is 2.01. The predicted octanol–water partition coefficient (Wildman–Crippen LogP) is -0.262. The molecule has 0 aliphatic carbocycles. The summed E-state index contributed by atoms with van der Waals surface area (Å²) in [6.07, 6.45) is 0. The number of benzene rings is 1. The van der Waals surface area contributed by atoms with E-state index in [1.54, 1.807) is 0 Å². The number of nitrogens with one attached hydrogen (secondary N) is 1. The summed E-state index contributed by atoms with van der Waals surface area (Å²) in [7, 11) is 0. The van der Waals surface area contributed by atoms with Crippen LogP contribution in [0.4, 0.5) is 4.39 Å². The largest absolute Gasteiger partial charge is 0.859 e. The molecule has 1 aromatic carbocycles. The van der Waals surface area contributed by atoms with Crippen LogP contribution in [0.1, 0.15) is 0 Å². The van der Waals surface area contributed by atoms with Gasteiger partial charge in [-0.1, -0.05) is 0 Å². The average Bonchev–Trinajstić information content (AvgIpc) is 2.19. The monoisotopic (exact) mass is 221 g/mol. The third-order valence-corrected chi connectivity index (χ3v) is 1.99. The second-order valence-electron chi connectivity index (χ2n) is 3.09. The Balaban J connectivity index is 2.69. The van der Waals surface area contributed by atoms with Gasteiger partial charge in [-0.05, 0) is 30.1 Å². The lowest BCUT2D eigenvalue weighted by atomic mass is 10.3. The summed E-state index contributed by atoms with van der Waals surface area (Å²) >= 11 is 0. The van der Waals surface area contributed by atoms with Gasteiger partial charge in [-0.15, -0.1) is 0 Å². The van der Waals surface area contributed by atoms with Crippen molar-refractivity contribution in [1.29, 1.82) is 0 Å². The minimum absolute atomic E-state index is 0.202. The van der Waals surface area contributed by atoms with Crippen LogP contribution in [-0.4, -0.2) is 9.55 Å². The third-order valence-electron chi connectivity index (χ3n) is 1.99. The van der Waals surface area contributed by atoms with Crippen LogP contribution in [0.3, 0.4) is 0 Å². The fourth-order valence-electron chi connectivity index (χ4n) is 1.31. The lowest BCUT2D eigenvalue weighted by Gasteiger charge is -2.14. The minimum atomic E-state index is -0.843. The molecule has 5 nitrogen and oxygen atoms in total. The van der Waals surface area contributed by atoms with E-state index in [1.165, 1.54) is 12.1 Å². The van der Waals surface area contributed by atoms with Crippen LogP contribution < -0.4 is 16.4 Å². The van der Waals surface area contributed by atoms with Crippen LogP contribution in [0.25, 0.3) is 5.69 Å². The van der Waals surface area contributed by atoms with Crippen molar-refractivity contribution in [2.45, 2.75) is 0 Å². The maximum absolute atomic E-state index is 12.6. The van der Waals surface area contributed by atoms with E-state index in [4.69, 9.17) is 0 Å². The van der Waals surface area contributed by atoms with E-state index >= 15 is 0 Å². The van der Waals surface area contributed by atoms with Crippen LogP contribution in [0.15, 0.2) is 39.9 Å². The van der Waals surface area contributed by atoms with Crippen molar-refractivity contribution in [3.05, 3.63) is 57.0 Å². The number of aromatic nitrogens is 2. The molecule has 0 radical (unpaired) electrons. The van der Waals surface area contributed by atoms with Crippen LogP contribution >= 0.6 is 0 Å². The molecule has 2 aromatic rings. The molecule has 2 rings (SSSR count). The zero-order valence-corrected chi connectivity index (χ0v) is 7.94. The first kappa shape index (κ1) is 10.2. The number of halogens is 1. The maximum atomic E-state index is 12.6. The average molecular weight is 221 g/mol. The van der Waals surface area contributed by atoms with E-state index in [2.05, 4.69) is 0 Å². The molecule has 0 amide bonds. The molecule has 1 heterocycles. The van der Waals surface area contributed by atoms with Gasteiger partial charge in [0.25, 0.3) is 5.56 Å². The standard InChI is InChI=1S/C10H7FN2O3/c11-6-1-3-7(4-2-6)13-9(15)5-8(14)12-10(13)16/h1-5,15H,(H,12,14,16)/p-1. The fourth-order valence-corrected chi connectivity index (χ4v) is 1.31. The Labute approximate surface area is 88.4 Å². The third kappa shape index (κ3) is 1.72. The Morgan fingerprint density at radius 2 is 1.81 bits per heavy atom. The SMILES string of the molecule is O=c1cc([O-])n(-c2ccc(F)cc2)c(=O)[nH]1. The van der Waals surface area contributed by atoms with Crippen molar-refractivity contribution < 1.29 is 9.50 Å². The normalized spacial score (nSPS) is 10.3. The predicted molar refractivity (Wildman–Crippen MR) is 52.1 cm³/mol. The highest BCUT2D eigenvalue weighted by molar-refractivity contribution is 5.34. The minimum Gasteiger partial charge on any atom is -0.859 e. The lowest BCUT2D eigenvalue weighted by Crippen LogP contribution is -2.30. The van der Waals surface area contributed by atoms with Crippen LogP contribution in [0.5, 0.6) is 5.88 Å². The van der Waals surface area contributed by atoms with Crippen LogP contribution in [0, 0.1) is 5.82 Å². The molecule has 1 aromatic heterocycles. The molecule has 0 aliphatic rings. The molecule has 0 bridgehead atoms. The molecular formula is C10H6FN2O3-. The Kier molecular flexibility index (Phi) is 2.32. The highest BCUT2D eigenvalue weighted by Crippen LogP contribution is 2.10. The van der Waals surface area contributed by atoms with E-state index < -0.39 is 22.9 Å². The summed E-state index contributed by atoms with van der Waals surface area (Å²) in [6, 6.07) is 5.54. The van der Waals surface area contributed by atoms with E-state index in [0.717, 1.165) is 22.8 Å². The van der Waals surface area contributed by atoms with Crippen molar-refractivity contribution in [2.75, 3.05) is 0 Å². The molecule has 0 spiro atoms. The second kappa shape index (κ2) is 3.65. The Hall–Kier alpha value is -2.37. The summed E-state index contributed by atoms with van der Waals surface area (Å²) in [5, 5.41) is 11.4. The molecule has 0 aliphatic heterocycles. The first-order valence-electron chi connectivity index (χ1n) is 4.37. The molecule has 0 saturated carbocycles. The first-order chi connectivity index (χ1) is 7.58. The first-order valence-corrected chi connectivity index (χ1v) is 4.37. The summed E-state index contributed by atoms with van der Waals surface area (Å²) in [5.41, 5.74) is -1.40. The van der Waals surface area contributed by atoms with E-state index in [9.17, 15) is 19.1 Å². The number of H-pyrrole nitrogens is 1. The summed E-state index contributed by atoms with van der Waals surface area (Å²) in [4.78, 5) is 24.1. The van der Waals surface area contributed by atoms with Crippen LogP contribution in [0.2, 0.25) is 0 Å². The number of hydrogen-bond acceptors (Lipinski definition) is 3. The zero-order chi connectivity index (χ0) is 11.7. The van der Waals surface area contributed by atoms with Gasteiger partial charge in [0.2, 0.25) is 0 Å². The molecule has 16 heavy (non-hydrogen) atoms. The van der Waals surface area contributed by atoms with Crippen molar-refractivity contribution >= 4 is 0 Å². The number of rotatable bonds is 1. The lowest BCUT2D eigenvalue weighted by molar-refractivity contribution is -0.278. The summed E-state index contributed by atoms with van der Waals surface area (Å²) in [6.45, 7) is 0. The molecule has 6 heteroatoms. The van der Waals surface area contributed by atoms with E-state index in [-0.39, 0.29) is 5.69 Å². The van der Waals surface area contributed by atoms with Crippen molar-refractivity contribution in [1.82, 2.24) is 9.55 Å². The Morgan fingerprint density at radius 1 is 1.19 bits per heavy atom. The second-order valence-corrected chi connectivity index (χ2v) is 3.09. The zero-order valence-electron chi connectivity index (χ0n) is 7.94. The Morgan fingerprint density at radius 3 is 2.38 bits per heavy atom. The van der Waals surface area contributed by atoms with Gasteiger partial charge in [0, 0.05) is 11.8 Å². The number of hydrogen-bond donors (Lipinski definition) is 1. The highest BCUT2D eigenvalue weighted by atomic mass is 19.1. The van der Waals surface area contributed by atoms with E-state index in [0.29, 0.717) is 0 Å². The molecule has 0 unspecified atom stereocenters. The molecule has 0 fully saturated rings. The van der Waals surface area contributed by atoms with Gasteiger partial charge in [-0.25, -0.2) is 9.18 Å². The van der Waals surface area contributed by atoms with Gasteiger partial charge in [-0.2, -0.15) is 0 Å². The maximum Gasteiger partial charge on any atom is 0.332 e. The van der Waals surface area contributed by atoms with Crippen molar-refractivity contribution in [3.63, 3.8) is 0 Å². The molecule has 1 N–H and O–H groups in total. The molecule has 0 saturated heterocycles. The van der Waals surface area contributed by atoms with Gasteiger partial charge in [0.05, 0.1) is 0 Å². The fraction of sp³-hybridized carbons (Fsp3) is 0. The van der Waals surface area contributed by atoms with Gasteiger partial charge in [0.15, 0.2) is 0 Å².